The van der Waals surface area contributed by atoms with E-state index in [-0.39, 0.29) is 11.8 Å². The van der Waals surface area contributed by atoms with Crippen molar-refractivity contribution in [1.29, 1.82) is 0 Å². The summed E-state index contributed by atoms with van der Waals surface area (Å²) in [5.74, 6) is 0.000142. The van der Waals surface area contributed by atoms with Crippen molar-refractivity contribution in [2.45, 2.75) is 44.6 Å². The number of aromatic nitrogens is 2. The van der Waals surface area contributed by atoms with Gasteiger partial charge in [0.05, 0.1) is 0 Å². The molecular weight excluding hydrogens is 242 g/mol. The van der Waals surface area contributed by atoms with Gasteiger partial charge in [-0.1, -0.05) is 12.8 Å². The fourth-order valence-electron chi connectivity index (χ4n) is 2.18. The summed E-state index contributed by atoms with van der Waals surface area (Å²) in [5, 5.41) is 6.50. The van der Waals surface area contributed by atoms with Gasteiger partial charge in [0.2, 0.25) is 11.2 Å². The van der Waals surface area contributed by atoms with Gasteiger partial charge in [0.25, 0.3) is 6.20 Å². The zero-order chi connectivity index (χ0) is 12.1. The molecule has 0 atom stereocenters. The van der Waals surface area contributed by atoms with Crippen LogP contribution in [0.25, 0.3) is 0 Å². The normalized spacial score (nSPS) is 17.7. The SMILES string of the molecule is O=C(CCl)Nc1c[n+](C2CCCCCC2)no1. The predicted octanol–water partition coefficient (Wildman–Crippen LogP) is 2.03. The summed E-state index contributed by atoms with van der Waals surface area (Å²) in [4.78, 5) is 11.1. The lowest BCUT2D eigenvalue weighted by molar-refractivity contribution is -0.786. The average Bonchev–Trinajstić information content (AvgIpc) is 2.63. The first-order valence-corrected chi connectivity index (χ1v) is 6.57. The highest BCUT2D eigenvalue weighted by molar-refractivity contribution is 6.28. The van der Waals surface area contributed by atoms with Gasteiger partial charge in [0.1, 0.15) is 5.88 Å². The Morgan fingerprint density at radius 2 is 2.18 bits per heavy atom. The topological polar surface area (TPSA) is 59.0 Å². The van der Waals surface area contributed by atoms with Gasteiger partial charge < -0.3 is 0 Å². The molecule has 1 saturated carbocycles. The van der Waals surface area contributed by atoms with Crippen molar-refractivity contribution in [2.24, 2.45) is 0 Å². The van der Waals surface area contributed by atoms with Crippen LogP contribution in [0.1, 0.15) is 44.6 Å². The summed E-state index contributed by atoms with van der Waals surface area (Å²) in [7, 11) is 0. The molecule has 0 aromatic carbocycles. The van der Waals surface area contributed by atoms with Gasteiger partial charge in [-0.05, 0) is 17.5 Å². The zero-order valence-corrected chi connectivity index (χ0v) is 10.4. The third-order valence-electron chi connectivity index (χ3n) is 3.07. The second kappa shape index (κ2) is 6.00. The number of hydrogen-bond donors (Lipinski definition) is 1. The molecule has 0 bridgehead atoms. The van der Waals surface area contributed by atoms with Crippen LogP contribution in [-0.4, -0.2) is 17.1 Å². The molecule has 2 rings (SSSR count). The van der Waals surface area contributed by atoms with Crippen molar-refractivity contribution in [2.75, 3.05) is 11.2 Å². The zero-order valence-electron chi connectivity index (χ0n) is 9.69. The third kappa shape index (κ3) is 3.43. The highest BCUT2D eigenvalue weighted by atomic mass is 35.5. The standard InChI is InChI=1S/C11H16ClN3O2/c12-7-10(16)13-11-8-15(14-17-11)9-5-3-1-2-4-6-9/h8-9H,1-7H2/p+1. The Hall–Kier alpha value is -1.10. The molecule has 6 heteroatoms. The van der Waals surface area contributed by atoms with Gasteiger partial charge in [-0.3, -0.25) is 14.6 Å². The van der Waals surface area contributed by atoms with Crippen molar-refractivity contribution >= 4 is 23.4 Å². The lowest BCUT2D eigenvalue weighted by Crippen LogP contribution is -2.40. The van der Waals surface area contributed by atoms with Crippen LogP contribution in [0, 0.1) is 0 Å². The summed E-state index contributed by atoms with van der Waals surface area (Å²) in [5.41, 5.74) is 0. The summed E-state index contributed by atoms with van der Waals surface area (Å²) in [6.07, 6.45) is 9.04. The van der Waals surface area contributed by atoms with Crippen LogP contribution in [-0.2, 0) is 4.79 Å². The molecule has 0 radical (unpaired) electrons. The molecule has 0 saturated heterocycles. The summed E-state index contributed by atoms with van der Waals surface area (Å²) < 4.78 is 6.87. The Kier molecular flexibility index (Phi) is 4.36. The van der Waals surface area contributed by atoms with E-state index in [1.165, 1.54) is 25.7 Å². The molecule has 1 heterocycles. The number of nitrogens with zero attached hydrogens (tertiary/aromatic N) is 2. The number of carbonyl (C=O) groups is 1. The molecule has 94 valence electrons. The predicted molar refractivity (Wildman–Crippen MR) is 62.8 cm³/mol. The van der Waals surface area contributed by atoms with E-state index >= 15 is 0 Å². The monoisotopic (exact) mass is 258 g/mol. The van der Waals surface area contributed by atoms with Gasteiger partial charge in [-0.25, -0.2) is 0 Å². The lowest BCUT2D eigenvalue weighted by atomic mass is 10.1. The Bertz CT molecular complexity index is 373. The highest BCUT2D eigenvalue weighted by Crippen LogP contribution is 2.22. The first-order chi connectivity index (χ1) is 8.29. The maximum Gasteiger partial charge on any atom is 0.302 e. The molecule has 1 aromatic rings. The molecule has 1 N–H and O–H groups in total. The molecule has 0 spiro atoms. The van der Waals surface area contributed by atoms with E-state index in [1.807, 2.05) is 4.68 Å². The molecule has 5 nitrogen and oxygen atoms in total. The first kappa shape index (κ1) is 12.4. The lowest BCUT2D eigenvalue weighted by Gasteiger charge is -2.01. The Balaban J connectivity index is 1.98. The van der Waals surface area contributed by atoms with Gasteiger partial charge in [-0.2, -0.15) is 0 Å². The number of alkyl halides is 1. The van der Waals surface area contributed by atoms with Crippen molar-refractivity contribution < 1.29 is 14.0 Å². The third-order valence-corrected chi connectivity index (χ3v) is 3.31. The van der Waals surface area contributed by atoms with Gasteiger partial charge in [-0.15, -0.1) is 11.6 Å². The quantitative estimate of drug-likeness (QED) is 0.513. The molecule has 1 amide bonds. The molecule has 0 aliphatic heterocycles. The van der Waals surface area contributed by atoms with Crippen LogP contribution in [0.15, 0.2) is 10.7 Å². The second-order valence-electron chi connectivity index (χ2n) is 4.37. The van der Waals surface area contributed by atoms with Gasteiger partial charge in [0, 0.05) is 12.8 Å². The largest absolute Gasteiger partial charge is 0.302 e. The average molecular weight is 259 g/mol. The highest BCUT2D eigenvalue weighted by Gasteiger charge is 2.25. The van der Waals surface area contributed by atoms with E-state index in [0.29, 0.717) is 11.9 Å². The van der Waals surface area contributed by atoms with E-state index in [4.69, 9.17) is 16.1 Å². The van der Waals surface area contributed by atoms with Crippen LogP contribution in [0.3, 0.4) is 0 Å². The van der Waals surface area contributed by atoms with Crippen LogP contribution >= 0.6 is 11.6 Å². The van der Waals surface area contributed by atoms with Gasteiger partial charge >= 0.3 is 5.88 Å². The molecule has 17 heavy (non-hydrogen) atoms. The molecule has 1 fully saturated rings. The number of hydrogen-bond acceptors (Lipinski definition) is 3. The first-order valence-electron chi connectivity index (χ1n) is 6.03. The number of halogens is 1. The van der Waals surface area contributed by atoms with Crippen LogP contribution in [0.5, 0.6) is 0 Å². The van der Waals surface area contributed by atoms with E-state index in [0.717, 1.165) is 12.8 Å². The van der Waals surface area contributed by atoms with Crippen molar-refractivity contribution in [3.63, 3.8) is 0 Å². The Morgan fingerprint density at radius 3 is 2.82 bits per heavy atom. The van der Waals surface area contributed by atoms with Crippen LogP contribution in [0.2, 0.25) is 0 Å². The molecule has 1 aliphatic rings. The van der Waals surface area contributed by atoms with E-state index < -0.39 is 0 Å². The number of rotatable bonds is 3. The molecular formula is C11H17ClN3O2+. The van der Waals surface area contributed by atoms with Crippen molar-refractivity contribution in [1.82, 2.24) is 5.27 Å². The minimum absolute atomic E-state index is 0.0792. The molecule has 1 aliphatic carbocycles. The molecule has 1 aromatic heterocycles. The van der Waals surface area contributed by atoms with Gasteiger partial charge in [0.15, 0.2) is 6.04 Å². The maximum atomic E-state index is 11.1. The van der Waals surface area contributed by atoms with E-state index in [9.17, 15) is 4.79 Å². The molecule has 0 unspecified atom stereocenters. The number of carbonyl (C=O) groups excluding carboxylic acids is 1. The fraction of sp³-hybridized carbons (Fsp3) is 0.727. The minimum atomic E-state index is -0.282. The second-order valence-corrected chi connectivity index (χ2v) is 4.64. The number of anilines is 1. The van der Waals surface area contributed by atoms with E-state index in [1.54, 1.807) is 6.20 Å². The summed E-state index contributed by atoms with van der Waals surface area (Å²) in [6, 6.07) is 0.392. The van der Waals surface area contributed by atoms with Crippen LogP contribution in [0.4, 0.5) is 5.88 Å². The van der Waals surface area contributed by atoms with Crippen LogP contribution < -0.4 is 10.00 Å². The number of nitrogens with one attached hydrogen (secondary N) is 1. The number of amides is 1. The fourth-order valence-corrected chi connectivity index (χ4v) is 2.25. The Labute approximate surface area is 105 Å². The van der Waals surface area contributed by atoms with E-state index in [2.05, 4.69) is 10.6 Å². The maximum absolute atomic E-state index is 11.1. The summed E-state index contributed by atoms with van der Waals surface area (Å²) >= 11 is 5.40. The van der Waals surface area contributed by atoms with Crippen molar-refractivity contribution in [3.05, 3.63) is 6.20 Å². The van der Waals surface area contributed by atoms with Crippen molar-refractivity contribution in [3.8, 4) is 0 Å². The Morgan fingerprint density at radius 1 is 1.47 bits per heavy atom. The minimum Gasteiger partial charge on any atom is -0.288 e. The smallest absolute Gasteiger partial charge is 0.288 e. The summed E-state index contributed by atoms with van der Waals surface area (Å²) in [6.45, 7) is 0.